The van der Waals surface area contributed by atoms with Crippen LogP contribution in [-0.4, -0.2) is 19.6 Å². The summed E-state index contributed by atoms with van der Waals surface area (Å²) < 4.78 is 29.4. The third kappa shape index (κ3) is 5.30. The molecule has 0 saturated heterocycles. The zero-order valence-corrected chi connectivity index (χ0v) is 20.7. The Bertz CT molecular complexity index is 1120. The average Bonchev–Trinajstić information content (AvgIpc) is 2.77. The lowest BCUT2D eigenvalue weighted by atomic mass is 9.75. The smallest absolute Gasteiger partial charge is 0.241 e. The van der Waals surface area contributed by atoms with Gasteiger partial charge in [0, 0.05) is 15.1 Å². The van der Waals surface area contributed by atoms with Gasteiger partial charge in [-0.1, -0.05) is 85.4 Å². The van der Waals surface area contributed by atoms with Crippen molar-refractivity contribution >= 4 is 44.8 Å². The Morgan fingerprint density at radius 1 is 0.875 bits per heavy atom. The maximum absolute atomic E-state index is 13.3. The van der Waals surface area contributed by atoms with E-state index in [1.165, 1.54) is 12.1 Å². The molecule has 0 saturated carbocycles. The van der Waals surface area contributed by atoms with Crippen LogP contribution in [0.25, 0.3) is 0 Å². The van der Waals surface area contributed by atoms with Gasteiger partial charge < -0.3 is 5.11 Å². The Kier molecular flexibility index (Phi) is 7.92. The van der Waals surface area contributed by atoms with Crippen molar-refractivity contribution in [2.24, 2.45) is 5.92 Å². The highest BCUT2D eigenvalue weighted by atomic mass is 35.5. The van der Waals surface area contributed by atoms with Crippen molar-refractivity contribution in [3.63, 3.8) is 0 Å². The van der Waals surface area contributed by atoms with Crippen LogP contribution in [0.4, 0.5) is 0 Å². The summed E-state index contributed by atoms with van der Waals surface area (Å²) in [5, 5.41) is 13.5. The van der Waals surface area contributed by atoms with Gasteiger partial charge in [0.05, 0.1) is 10.9 Å². The summed E-state index contributed by atoms with van der Waals surface area (Å²) >= 11 is 18.2. The fraction of sp³-hybridized carbons (Fsp3) is 0.250. The molecule has 8 heteroatoms. The van der Waals surface area contributed by atoms with Crippen molar-refractivity contribution in [1.82, 2.24) is 4.72 Å². The number of aliphatic hydroxyl groups is 1. The highest BCUT2D eigenvalue weighted by Gasteiger charge is 2.44. The van der Waals surface area contributed by atoms with E-state index in [9.17, 15) is 13.5 Å². The second-order valence-electron chi connectivity index (χ2n) is 7.72. The van der Waals surface area contributed by atoms with Crippen LogP contribution in [0, 0.1) is 5.92 Å². The van der Waals surface area contributed by atoms with Crippen LogP contribution in [0.3, 0.4) is 0 Å². The Hall–Kier alpha value is -1.60. The molecule has 4 nitrogen and oxygen atoms in total. The van der Waals surface area contributed by atoms with Crippen LogP contribution in [0.2, 0.25) is 15.1 Å². The van der Waals surface area contributed by atoms with Gasteiger partial charge in [-0.2, -0.15) is 0 Å². The van der Waals surface area contributed by atoms with Crippen LogP contribution >= 0.6 is 34.8 Å². The minimum atomic E-state index is -4.00. The molecule has 170 valence electrons. The molecule has 0 aliphatic rings. The predicted molar refractivity (Wildman–Crippen MR) is 131 cm³/mol. The van der Waals surface area contributed by atoms with Crippen molar-refractivity contribution in [2.45, 2.75) is 36.8 Å². The molecule has 2 N–H and O–H groups in total. The zero-order chi connectivity index (χ0) is 23.5. The maximum atomic E-state index is 13.3. The monoisotopic (exact) mass is 511 g/mol. The second-order valence-corrected chi connectivity index (χ2v) is 10.7. The molecule has 0 radical (unpaired) electrons. The lowest BCUT2D eigenvalue weighted by molar-refractivity contribution is 0.0247. The van der Waals surface area contributed by atoms with Gasteiger partial charge in [0.1, 0.15) is 5.60 Å². The third-order valence-corrected chi connectivity index (χ3v) is 7.80. The normalized spacial score (nSPS) is 14.2. The molecule has 0 aliphatic carbocycles. The summed E-state index contributed by atoms with van der Waals surface area (Å²) in [5.74, 6) is -0.236. The van der Waals surface area contributed by atoms with Gasteiger partial charge in [-0.05, 0) is 59.5 Å². The number of halogens is 3. The molecule has 3 rings (SSSR count). The highest BCUT2D eigenvalue weighted by molar-refractivity contribution is 7.89. The van der Waals surface area contributed by atoms with Gasteiger partial charge in [0.15, 0.2) is 0 Å². The highest BCUT2D eigenvalue weighted by Crippen LogP contribution is 2.38. The molecule has 0 heterocycles. The molecule has 0 bridgehead atoms. The summed E-state index contributed by atoms with van der Waals surface area (Å²) in [7, 11) is -4.00. The van der Waals surface area contributed by atoms with Gasteiger partial charge in [-0.25, -0.2) is 13.1 Å². The molecule has 0 aromatic heterocycles. The number of benzene rings is 3. The maximum Gasteiger partial charge on any atom is 0.241 e. The van der Waals surface area contributed by atoms with E-state index in [1.54, 1.807) is 60.7 Å². The van der Waals surface area contributed by atoms with Crippen LogP contribution in [0.1, 0.15) is 31.4 Å². The van der Waals surface area contributed by atoms with E-state index in [0.29, 0.717) is 32.6 Å². The molecule has 0 fully saturated rings. The van der Waals surface area contributed by atoms with Crippen molar-refractivity contribution in [3.05, 3.63) is 99.0 Å². The lowest BCUT2D eigenvalue weighted by Crippen LogP contribution is -2.54. The molecule has 2 atom stereocenters. The van der Waals surface area contributed by atoms with Crippen molar-refractivity contribution in [1.29, 1.82) is 0 Å². The SMILES string of the molecule is CCC(C)C(NS(=O)(=O)c1cccc(Cl)c1)C(O)(c1ccc(Cl)cc1)c1ccc(Cl)cc1. The first-order valence-corrected chi connectivity index (χ1v) is 12.7. The molecular formula is C24H24Cl3NO3S. The second kappa shape index (κ2) is 10.1. The van der Waals surface area contributed by atoms with Gasteiger partial charge in [0.25, 0.3) is 0 Å². The number of nitrogens with one attached hydrogen (secondary N) is 1. The van der Waals surface area contributed by atoms with Crippen LogP contribution in [0.5, 0.6) is 0 Å². The first-order valence-electron chi connectivity index (χ1n) is 10.1. The summed E-state index contributed by atoms with van der Waals surface area (Å²) in [4.78, 5) is 0.0212. The third-order valence-electron chi connectivity index (χ3n) is 5.62. The molecule has 0 spiro atoms. The van der Waals surface area contributed by atoms with E-state index in [0.717, 1.165) is 0 Å². The summed E-state index contributed by atoms with van der Waals surface area (Å²) in [5.41, 5.74) is -0.692. The minimum Gasteiger partial charge on any atom is -0.379 e. The average molecular weight is 513 g/mol. The lowest BCUT2D eigenvalue weighted by Gasteiger charge is -2.40. The van der Waals surface area contributed by atoms with E-state index in [1.807, 2.05) is 13.8 Å². The Morgan fingerprint density at radius 2 is 1.38 bits per heavy atom. The van der Waals surface area contributed by atoms with E-state index < -0.39 is 21.7 Å². The van der Waals surface area contributed by atoms with Gasteiger partial charge in [-0.15, -0.1) is 0 Å². The van der Waals surface area contributed by atoms with Gasteiger partial charge >= 0.3 is 0 Å². The molecule has 0 amide bonds. The Balaban J connectivity index is 2.19. The Morgan fingerprint density at radius 3 is 1.81 bits per heavy atom. The number of hydrogen-bond acceptors (Lipinski definition) is 3. The largest absolute Gasteiger partial charge is 0.379 e. The van der Waals surface area contributed by atoms with Crippen LogP contribution in [-0.2, 0) is 15.6 Å². The summed E-state index contributed by atoms with van der Waals surface area (Å²) in [6, 6.07) is 18.5. The molecule has 0 aliphatic heterocycles. The minimum absolute atomic E-state index is 0.0212. The first-order chi connectivity index (χ1) is 15.1. The van der Waals surface area contributed by atoms with Gasteiger partial charge in [0.2, 0.25) is 10.0 Å². The quantitative estimate of drug-likeness (QED) is 0.373. The molecule has 32 heavy (non-hydrogen) atoms. The summed E-state index contributed by atoms with van der Waals surface area (Å²) in [6.07, 6.45) is 0.617. The zero-order valence-electron chi connectivity index (χ0n) is 17.6. The molecular weight excluding hydrogens is 489 g/mol. The van der Waals surface area contributed by atoms with E-state index in [2.05, 4.69) is 4.72 Å². The standard InChI is InChI=1S/C24H24Cl3NO3S/c1-3-16(2)23(28-32(30,31)22-6-4-5-21(27)15-22)24(29,17-7-11-19(25)12-8-17)18-9-13-20(26)14-10-18/h4-16,23,28-29H,3H2,1-2H3. The van der Waals surface area contributed by atoms with E-state index in [4.69, 9.17) is 34.8 Å². The summed E-state index contributed by atoms with van der Waals surface area (Å²) in [6.45, 7) is 3.83. The number of hydrogen-bond donors (Lipinski definition) is 2. The van der Waals surface area contributed by atoms with E-state index in [-0.39, 0.29) is 10.8 Å². The topological polar surface area (TPSA) is 66.4 Å². The fourth-order valence-electron chi connectivity index (χ4n) is 3.65. The van der Waals surface area contributed by atoms with Crippen LogP contribution in [0.15, 0.2) is 77.7 Å². The van der Waals surface area contributed by atoms with Crippen LogP contribution < -0.4 is 4.72 Å². The predicted octanol–water partition coefficient (Wildman–Crippen LogP) is 6.28. The molecule has 3 aromatic rings. The van der Waals surface area contributed by atoms with Gasteiger partial charge in [-0.3, -0.25) is 0 Å². The molecule has 2 unspecified atom stereocenters. The first kappa shape index (κ1) is 25.0. The Labute approximate surface area is 204 Å². The number of rotatable bonds is 8. The van der Waals surface area contributed by atoms with Crippen molar-refractivity contribution in [3.8, 4) is 0 Å². The van der Waals surface area contributed by atoms with Crippen molar-refractivity contribution in [2.75, 3.05) is 0 Å². The fourth-order valence-corrected chi connectivity index (χ4v) is 5.57. The molecule has 3 aromatic carbocycles. The van der Waals surface area contributed by atoms with E-state index >= 15 is 0 Å². The van der Waals surface area contributed by atoms with Crippen molar-refractivity contribution < 1.29 is 13.5 Å². The number of sulfonamides is 1.